The maximum absolute atomic E-state index is 13.5. The average molecular weight is 687 g/mol. The van der Waals surface area contributed by atoms with Gasteiger partial charge in [-0.05, 0) is 85.6 Å². The molecular formula is C30H29BrFN5O4S2. The second-order valence-corrected chi connectivity index (χ2v) is 14.6. The lowest BCUT2D eigenvalue weighted by Crippen LogP contribution is -2.29. The fourth-order valence-corrected chi connectivity index (χ4v) is 6.60. The molecule has 2 atom stereocenters. The zero-order chi connectivity index (χ0) is 30.7. The van der Waals surface area contributed by atoms with Crippen molar-refractivity contribution in [2.45, 2.75) is 51.1 Å². The first-order chi connectivity index (χ1) is 20.5. The monoisotopic (exact) mass is 685 g/mol. The van der Waals surface area contributed by atoms with E-state index < -0.39 is 26.6 Å². The summed E-state index contributed by atoms with van der Waals surface area (Å²) in [6.45, 7) is 6.84. The molecule has 3 aromatic heterocycles. The Hall–Kier alpha value is -3.52. The van der Waals surface area contributed by atoms with Crippen LogP contribution in [0.15, 0.2) is 70.9 Å². The van der Waals surface area contributed by atoms with Crippen LogP contribution in [-0.2, 0) is 21.2 Å². The molecule has 1 N–H and O–H groups in total. The molecule has 13 heteroatoms. The summed E-state index contributed by atoms with van der Waals surface area (Å²) < 4.78 is 50.8. The zero-order valence-corrected chi connectivity index (χ0v) is 27.0. The number of fused-ring (bicyclic) bond motifs is 1. The van der Waals surface area contributed by atoms with Gasteiger partial charge in [-0.1, -0.05) is 12.1 Å². The molecule has 0 spiro atoms. The van der Waals surface area contributed by atoms with Crippen molar-refractivity contribution in [2.75, 3.05) is 5.32 Å². The molecule has 0 bridgehead atoms. The Morgan fingerprint density at radius 1 is 1.02 bits per heavy atom. The summed E-state index contributed by atoms with van der Waals surface area (Å²) in [5.74, 6) is 0.884. The van der Waals surface area contributed by atoms with Gasteiger partial charge in [-0.25, -0.2) is 27.8 Å². The van der Waals surface area contributed by atoms with Crippen LogP contribution >= 0.6 is 27.3 Å². The maximum Gasteiger partial charge on any atom is 0.179 e. The third-order valence-electron chi connectivity index (χ3n) is 6.65. The third-order valence-corrected chi connectivity index (χ3v) is 10.6. The Morgan fingerprint density at radius 3 is 2.58 bits per heavy atom. The summed E-state index contributed by atoms with van der Waals surface area (Å²) >= 11 is 4.93. The van der Waals surface area contributed by atoms with Gasteiger partial charge in [0.05, 0.1) is 32.8 Å². The molecule has 5 aromatic rings. The average Bonchev–Trinajstić information content (AvgIpc) is 3.47. The van der Waals surface area contributed by atoms with Crippen molar-refractivity contribution >= 4 is 59.5 Å². The van der Waals surface area contributed by atoms with Crippen molar-refractivity contribution in [1.29, 1.82) is 0 Å². The first-order valence-corrected chi connectivity index (χ1v) is 16.7. The number of ether oxygens (including phenoxy) is 2. The van der Waals surface area contributed by atoms with Crippen LogP contribution in [0.2, 0.25) is 0 Å². The van der Waals surface area contributed by atoms with Crippen LogP contribution < -0.4 is 10.1 Å². The first kappa shape index (κ1) is 30.9. The van der Waals surface area contributed by atoms with Crippen LogP contribution in [0.4, 0.5) is 15.9 Å². The minimum Gasteiger partial charge on any atom is -0.488 e. The van der Waals surface area contributed by atoms with Crippen molar-refractivity contribution in [1.82, 2.24) is 19.9 Å². The van der Waals surface area contributed by atoms with Crippen molar-refractivity contribution in [3.05, 3.63) is 87.3 Å². The second-order valence-electron chi connectivity index (χ2n) is 10.1. The van der Waals surface area contributed by atoms with Crippen molar-refractivity contribution < 1.29 is 22.3 Å². The summed E-state index contributed by atoms with van der Waals surface area (Å²) in [5.41, 5.74) is 2.44. The molecule has 0 saturated heterocycles. The van der Waals surface area contributed by atoms with Crippen LogP contribution in [0.5, 0.6) is 5.75 Å². The van der Waals surface area contributed by atoms with Gasteiger partial charge in [0, 0.05) is 16.5 Å². The highest BCUT2D eigenvalue weighted by Gasteiger charge is 2.28. The predicted octanol–water partition coefficient (Wildman–Crippen LogP) is 7.62. The number of rotatable bonds is 11. The van der Waals surface area contributed by atoms with Gasteiger partial charge < -0.3 is 14.8 Å². The molecule has 5 rings (SSSR count). The second kappa shape index (κ2) is 13.0. The molecule has 9 nitrogen and oxygen atoms in total. The molecule has 0 aliphatic carbocycles. The largest absolute Gasteiger partial charge is 0.488 e. The number of pyridine rings is 1. The van der Waals surface area contributed by atoms with E-state index in [0.717, 1.165) is 21.1 Å². The number of sulfone groups is 1. The zero-order valence-electron chi connectivity index (χ0n) is 23.8. The number of halogens is 2. The van der Waals surface area contributed by atoms with E-state index in [-0.39, 0.29) is 12.4 Å². The van der Waals surface area contributed by atoms with Crippen LogP contribution in [0.3, 0.4) is 0 Å². The topological polar surface area (TPSA) is 116 Å². The summed E-state index contributed by atoms with van der Waals surface area (Å²) in [5, 5.41) is 6.05. The number of thiazole rings is 1. The normalized spacial score (nSPS) is 13.3. The Bertz CT molecular complexity index is 1870. The molecule has 0 amide bonds. The van der Waals surface area contributed by atoms with Gasteiger partial charge in [0.15, 0.2) is 15.3 Å². The summed E-state index contributed by atoms with van der Waals surface area (Å²) in [6.07, 6.45) is 2.61. The predicted molar refractivity (Wildman–Crippen MR) is 170 cm³/mol. The third kappa shape index (κ3) is 7.18. The van der Waals surface area contributed by atoms with E-state index >= 15 is 0 Å². The molecule has 0 radical (unpaired) electrons. The molecule has 3 heterocycles. The number of hydrogen-bond donors (Lipinski definition) is 1. The smallest absolute Gasteiger partial charge is 0.179 e. The standard InChI is InChI=1S/C30H29BrFN5O4S2/c1-17(2)43(38,39)19(4)41-18(3)30-37-27(15-42-30)25-12-23-26(13-33-25)34-16-35-29(23)36-22-8-9-28(24(31)11-22)40-14-20-6-5-7-21(32)10-20/h5-13,15-19H,14H2,1-4H3,(H,34,35,36). The lowest BCUT2D eigenvalue weighted by molar-refractivity contribution is 0.0499. The Balaban J connectivity index is 1.33. The summed E-state index contributed by atoms with van der Waals surface area (Å²) in [4.78, 5) is 18.0. The SMILES string of the molecule is CC(OC(C)S(=O)(=O)C(C)C)c1nc(-c2cc3c(Nc4ccc(OCc5cccc(F)c5)c(Br)c4)ncnc3cn2)cs1. The Labute approximate surface area is 261 Å². The highest BCUT2D eigenvalue weighted by Crippen LogP contribution is 2.33. The molecule has 0 aliphatic rings. The number of nitrogens with one attached hydrogen (secondary N) is 1. The van der Waals surface area contributed by atoms with Crippen molar-refractivity contribution in [2.24, 2.45) is 0 Å². The van der Waals surface area contributed by atoms with Gasteiger partial charge in [-0.3, -0.25) is 4.98 Å². The van der Waals surface area contributed by atoms with Crippen LogP contribution in [0.25, 0.3) is 22.3 Å². The number of anilines is 2. The fourth-order valence-electron chi connectivity index (χ4n) is 4.22. The van der Waals surface area contributed by atoms with Gasteiger partial charge in [-0.2, -0.15) is 0 Å². The van der Waals surface area contributed by atoms with E-state index in [0.29, 0.717) is 33.5 Å². The van der Waals surface area contributed by atoms with Crippen molar-refractivity contribution in [3.8, 4) is 17.1 Å². The molecular weight excluding hydrogens is 657 g/mol. The minimum atomic E-state index is -3.40. The van der Waals surface area contributed by atoms with E-state index in [1.165, 1.54) is 29.8 Å². The molecule has 2 aromatic carbocycles. The van der Waals surface area contributed by atoms with Crippen LogP contribution in [0.1, 0.15) is 44.4 Å². The molecule has 0 fully saturated rings. The van der Waals surface area contributed by atoms with E-state index in [4.69, 9.17) is 9.47 Å². The van der Waals surface area contributed by atoms with E-state index in [2.05, 4.69) is 41.2 Å². The van der Waals surface area contributed by atoms with E-state index in [1.54, 1.807) is 46.0 Å². The van der Waals surface area contributed by atoms with Gasteiger partial charge in [0.2, 0.25) is 0 Å². The van der Waals surface area contributed by atoms with Gasteiger partial charge in [-0.15, -0.1) is 11.3 Å². The molecule has 2 unspecified atom stereocenters. The van der Waals surface area contributed by atoms with Crippen LogP contribution in [0, 0.1) is 5.82 Å². The number of benzene rings is 2. The maximum atomic E-state index is 13.5. The molecule has 43 heavy (non-hydrogen) atoms. The first-order valence-electron chi connectivity index (χ1n) is 13.4. The highest BCUT2D eigenvalue weighted by atomic mass is 79.9. The summed E-state index contributed by atoms with van der Waals surface area (Å²) in [6, 6.07) is 13.7. The van der Waals surface area contributed by atoms with Gasteiger partial charge in [0.1, 0.15) is 41.4 Å². The molecule has 224 valence electrons. The fraction of sp³-hybridized carbons (Fsp3) is 0.267. The quantitative estimate of drug-likeness (QED) is 0.150. The summed E-state index contributed by atoms with van der Waals surface area (Å²) in [7, 11) is -3.40. The van der Waals surface area contributed by atoms with E-state index in [1.807, 2.05) is 29.6 Å². The number of aromatic nitrogens is 4. The number of hydrogen-bond acceptors (Lipinski definition) is 10. The molecule has 0 aliphatic heterocycles. The lowest BCUT2D eigenvalue weighted by Gasteiger charge is -2.19. The van der Waals surface area contributed by atoms with E-state index in [9.17, 15) is 12.8 Å². The minimum absolute atomic E-state index is 0.231. The number of nitrogens with zero attached hydrogens (tertiary/aromatic N) is 4. The highest BCUT2D eigenvalue weighted by molar-refractivity contribution is 9.10. The Kier molecular flexibility index (Phi) is 9.35. The van der Waals surface area contributed by atoms with Crippen molar-refractivity contribution in [3.63, 3.8) is 0 Å². The van der Waals surface area contributed by atoms with Gasteiger partial charge >= 0.3 is 0 Å². The molecule has 0 saturated carbocycles. The Morgan fingerprint density at radius 2 is 1.84 bits per heavy atom. The van der Waals surface area contributed by atoms with Gasteiger partial charge in [0.25, 0.3) is 0 Å². The lowest BCUT2D eigenvalue weighted by atomic mass is 10.2. The van der Waals surface area contributed by atoms with Crippen LogP contribution in [-0.4, -0.2) is 39.0 Å².